The summed E-state index contributed by atoms with van der Waals surface area (Å²) in [6.45, 7) is 1.85. The first kappa shape index (κ1) is 10.5. The number of nitrogens with two attached hydrogens (primary N) is 1. The van der Waals surface area contributed by atoms with Gasteiger partial charge in [0.25, 0.3) is 5.91 Å². The lowest BCUT2D eigenvalue weighted by Gasteiger charge is -2.01. The molecule has 6 nitrogen and oxygen atoms in total. The minimum atomic E-state index is -0.354. The summed E-state index contributed by atoms with van der Waals surface area (Å²) in [5.74, 6) is 0.131. The Morgan fingerprint density at radius 1 is 1.44 bits per heavy atom. The van der Waals surface area contributed by atoms with Crippen molar-refractivity contribution in [2.24, 2.45) is 0 Å². The van der Waals surface area contributed by atoms with Gasteiger partial charge >= 0.3 is 0 Å². The van der Waals surface area contributed by atoms with Crippen LogP contribution in [0.3, 0.4) is 0 Å². The van der Waals surface area contributed by atoms with Crippen molar-refractivity contribution >= 4 is 28.2 Å². The summed E-state index contributed by atoms with van der Waals surface area (Å²) in [4.78, 5) is 15.8. The van der Waals surface area contributed by atoms with Crippen LogP contribution in [-0.4, -0.2) is 21.1 Å². The lowest BCUT2D eigenvalue weighted by atomic mass is 10.4. The van der Waals surface area contributed by atoms with Crippen molar-refractivity contribution in [2.75, 3.05) is 11.1 Å². The SMILES string of the molecule is Cc1cccc(NC(=O)c2nnc(N)s2)n1. The fourth-order valence-corrected chi connectivity index (χ4v) is 1.61. The molecule has 0 unspecified atom stereocenters. The van der Waals surface area contributed by atoms with Crippen LogP contribution in [0.1, 0.15) is 15.5 Å². The molecule has 0 aliphatic rings. The molecule has 0 radical (unpaired) electrons. The van der Waals surface area contributed by atoms with E-state index in [1.807, 2.05) is 19.1 Å². The zero-order chi connectivity index (χ0) is 11.5. The third kappa shape index (κ3) is 2.31. The van der Waals surface area contributed by atoms with Crippen molar-refractivity contribution in [1.29, 1.82) is 0 Å². The molecule has 1 amide bonds. The van der Waals surface area contributed by atoms with E-state index in [2.05, 4.69) is 20.5 Å². The standard InChI is InChI=1S/C9H9N5OS/c1-5-3-2-4-6(11-5)12-7(15)8-13-14-9(10)16-8/h2-4H,1H3,(H2,10,14)(H,11,12,15). The topological polar surface area (TPSA) is 93.8 Å². The van der Waals surface area contributed by atoms with Crippen LogP contribution in [0.5, 0.6) is 0 Å². The molecule has 16 heavy (non-hydrogen) atoms. The van der Waals surface area contributed by atoms with Gasteiger partial charge in [0.05, 0.1) is 0 Å². The molecule has 0 aromatic carbocycles. The number of nitrogens with zero attached hydrogens (tertiary/aromatic N) is 3. The number of nitrogen functional groups attached to an aromatic ring is 1. The van der Waals surface area contributed by atoms with Crippen molar-refractivity contribution in [3.05, 3.63) is 28.9 Å². The molecule has 0 spiro atoms. The van der Waals surface area contributed by atoms with E-state index in [0.29, 0.717) is 5.82 Å². The maximum absolute atomic E-state index is 11.6. The highest BCUT2D eigenvalue weighted by molar-refractivity contribution is 7.16. The van der Waals surface area contributed by atoms with Gasteiger partial charge < -0.3 is 11.1 Å². The molecule has 82 valence electrons. The highest BCUT2D eigenvalue weighted by Gasteiger charge is 2.12. The summed E-state index contributed by atoms with van der Waals surface area (Å²) in [5, 5.41) is 10.3. The first-order chi connectivity index (χ1) is 7.65. The van der Waals surface area contributed by atoms with Gasteiger partial charge in [-0.25, -0.2) is 4.98 Å². The molecule has 2 aromatic heterocycles. The van der Waals surface area contributed by atoms with E-state index in [1.165, 1.54) is 0 Å². The number of carbonyl (C=O) groups is 1. The van der Waals surface area contributed by atoms with Gasteiger partial charge in [-0.05, 0) is 19.1 Å². The molecular formula is C9H9N5OS. The van der Waals surface area contributed by atoms with Crippen molar-refractivity contribution in [3.8, 4) is 0 Å². The average Bonchev–Trinajstić information content (AvgIpc) is 2.65. The summed E-state index contributed by atoms with van der Waals surface area (Å²) >= 11 is 1.04. The van der Waals surface area contributed by atoms with Crippen molar-refractivity contribution < 1.29 is 4.79 Å². The van der Waals surface area contributed by atoms with Crippen LogP contribution in [0.25, 0.3) is 0 Å². The van der Waals surface area contributed by atoms with E-state index < -0.39 is 0 Å². The molecule has 0 aliphatic heterocycles. The van der Waals surface area contributed by atoms with Crippen LogP contribution in [-0.2, 0) is 0 Å². The van der Waals surface area contributed by atoms with Gasteiger partial charge in [-0.2, -0.15) is 0 Å². The number of aromatic nitrogens is 3. The molecule has 0 aliphatic carbocycles. The number of anilines is 2. The highest BCUT2D eigenvalue weighted by Crippen LogP contribution is 2.13. The molecule has 3 N–H and O–H groups in total. The normalized spacial score (nSPS) is 10.1. The van der Waals surface area contributed by atoms with Gasteiger partial charge in [-0.1, -0.05) is 17.4 Å². The smallest absolute Gasteiger partial charge is 0.287 e. The van der Waals surface area contributed by atoms with Crippen molar-refractivity contribution in [2.45, 2.75) is 6.92 Å². The van der Waals surface area contributed by atoms with E-state index in [9.17, 15) is 4.79 Å². The number of hydrogen-bond acceptors (Lipinski definition) is 6. The molecule has 0 bridgehead atoms. The predicted molar refractivity (Wildman–Crippen MR) is 61.2 cm³/mol. The van der Waals surface area contributed by atoms with Crippen LogP contribution in [0.2, 0.25) is 0 Å². The summed E-state index contributed by atoms with van der Waals surface area (Å²) < 4.78 is 0. The predicted octanol–water partition coefficient (Wildman–Crippen LogP) is 1.08. The maximum Gasteiger partial charge on any atom is 0.287 e. The molecule has 0 saturated carbocycles. The Morgan fingerprint density at radius 2 is 2.25 bits per heavy atom. The van der Waals surface area contributed by atoms with Gasteiger partial charge in [-0.3, -0.25) is 4.79 Å². The highest BCUT2D eigenvalue weighted by atomic mass is 32.1. The second-order valence-corrected chi connectivity index (χ2v) is 4.07. The van der Waals surface area contributed by atoms with Gasteiger partial charge in [0.1, 0.15) is 5.82 Å². The monoisotopic (exact) mass is 235 g/mol. The first-order valence-corrected chi connectivity index (χ1v) is 5.31. The third-order valence-electron chi connectivity index (χ3n) is 1.76. The quantitative estimate of drug-likeness (QED) is 0.812. The Labute approximate surface area is 95.5 Å². The molecule has 0 atom stereocenters. The van der Waals surface area contributed by atoms with E-state index in [1.54, 1.807) is 6.07 Å². The Balaban J connectivity index is 2.13. The summed E-state index contributed by atoms with van der Waals surface area (Å²) in [5.41, 5.74) is 6.21. The summed E-state index contributed by atoms with van der Waals surface area (Å²) in [6.07, 6.45) is 0. The minimum absolute atomic E-state index is 0.223. The lowest BCUT2D eigenvalue weighted by Crippen LogP contribution is -2.12. The Kier molecular flexibility index (Phi) is 2.78. The van der Waals surface area contributed by atoms with Crippen LogP contribution >= 0.6 is 11.3 Å². The molecule has 2 aromatic rings. The molecular weight excluding hydrogens is 226 g/mol. The molecule has 0 saturated heterocycles. The molecule has 2 rings (SSSR count). The van der Waals surface area contributed by atoms with Crippen LogP contribution < -0.4 is 11.1 Å². The summed E-state index contributed by atoms with van der Waals surface area (Å²) in [7, 11) is 0. The van der Waals surface area contributed by atoms with Gasteiger partial charge in [0, 0.05) is 5.69 Å². The van der Waals surface area contributed by atoms with E-state index in [0.717, 1.165) is 17.0 Å². The fraction of sp³-hybridized carbons (Fsp3) is 0.111. The number of aryl methyl sites for hydroxylation is 1. The van der Waals surface area contributed by atoms with E-state index in [4.69, 9.17) is 5.73 Å². The second kappa shape index (κ2) is 4.23. The molecule has 7 heteroatoms. The molecule has 0 fully saturated rings. The number of rotatable bonds is 2. The first-order valence-electron chi connectivity index (χ1n) is 4.49. The van der Waals surface area contributed by atoms with Gasteiger partial charge in [0.2, 0.25) is 10.1 Å². The zero-order valence-electron chi connectivity index (χ0n) is 8.47. The van der Waals surface area contributed by atoms with Crippen LogP contribution in [0, 0.1) is 6.92 Å². The molecule has 2 heterocycles. The Hall–Kier alpha value is -2.02. The maximum atomic E-state index is 11.6. The average molecular weight is 235 g/mol. The van der Waals surface area contributed by atoms with E-state index in [-0.39, 0.29) is 16.0 Å². The number of carbonyl (C=O) groups excluding carboxylic acids is 1. The number of amides is 1. The minimum Gasteiger partial charge on any atom is -0.374 e. The van der Waals surface area contributed by atoms with Gasteiger partial charge in [0.15, 0.2) is 0 Å². The summed E-state index contributed by atoms with van der Waals surface area (Å²) in [6, 6.07) is 5.36. The van der Waals surface area contributed by atoms with Crippen LogP contribution in [0.15, 0.2) is 18.2 Å². The van der Waals surface area contributed by atoms with Gasteiger partial charge in [-0.15, -0.1) is 10.2 Å². The van der Waals surface area contributed by atoms with Crippen molar-refractivity contribution in [1.82, 2.24) is 15.2 Å². The zero-order valence-corrected chi connectivity index (χ0v) is 9.28. The van der Waals surface area contributed by atoms with Crippen LogP contribution in [0.4, 0.5) is 10.9 Å². The van der Waals surface area contributed by atoms with Crippen molar-refractivity contribution in [3.63, 3.8) is 0 Å². The number of hydrogen-bond donors (Lipinski definition) is 2. The lowest BCUT2D eigenvalue weighted by molar-refractivity contribution is 0.102. The Morgan fingerprint density at radius 3 is 2.88 bits per heavy atom. The third-order valence-corrected chi connectivity index (χ3v) is 2.52. The number of nitrogens with one attached hydrogen (secondary N) is 1. The largest absolute Gasteiger partial charge is 0.374 e. The Bertz CT molecular complexity index is 524. The van der Waals surface area contributed by atoms with E-state index >= 15 is 0 Å². The fourth-order valence-electron chi connectivity index (χ4n) is 1.11. The second-order valence-electron chi connectivity index (χ2n) is 3.06. The number of pyridine rings is 1.